The molecule has 0 aliphatic carbocycles. The minimum absolute atomic E-state index is 0.184. The van der Waals surface area contributed by atoms with Crippen LogP contribution in [0.25, 0.3) is 0 Å². The first kappa shape index (κ1) is 24.4. The van der Waals surface area contributed by atoms with Gasteiger partial charge < -0.3 is 0 Å². The Morgan fingerprint density at radius 2 is 0.903 bits per heavy atom. The van der Waals surface area contributed by atoms with Crippen LogP contribution >= 0.6 is 36.0 Å². The van der Waals surface area contributed by atoms with Gasteiger partial charge in [-0.1, -0.05) is 0 Å². The van der Waals surface area contributed by atoms with Crippen LogP contribution in [-0.2, 0) is 0 Å². The van der Waals surface area contributed by atoms with E-state index in [1.807, 2.05) is 0 Å². The second-order valence-electron chi connectivity index (χ2n) is 9.01. The molecule has 0 radical (unpaired) electrons. The van der Waals surface area contributed by atoms with Crippen LogP contribution in [-0.4, -0.2) is 24.9 Å². The topological polar surface area (TPSA) is 18.5 Å². The summed E-state index contributed by atoms with van der Waals surface area (Å²) in [5.74, 6) is 3.15. The molecule has 0 saturated carbocycles. The summed E-state index contributed by atoms with van der Waals surface area (Å²) in [4.78, 5) is 5.72. The standard InChI is InChI=1S/C24H32O2S4Te/c1-13(2)17-9-11-19(25-15(5)6)23-21(17)27-31(29-23)28-22-18(14(3)4)10-12-20(24(22)30-31)26-16(7)8/h9-16H,1-8H3. The van der Waals surface area contributed by atoms with Gasteiger partial charge >= 0.3 is 204 Å². The number of hydrogen-bond donors (Lipinski definition) is 0. The van der Waals surface area contributed by atoms with Crippen molar-refractivity contribution in [3.8, 4) is 11.5 Å². The predicted octanol–water partition coefficient (Wildman–Crippen LogP) is 9.04. The minimum atomic E-state index is -2.56. The Hall–Kier alpha value is 0.230. The Balaban J connectivity index is 1.76. The zero-order valence-corrected chi connectivity index (χ0v) is 25.1. The first-order chi connectivity index (χ1) is 14.6. The van der Waals surface area contributed by atoms with Crippen molar-refractivity contribution in [1.82, 2.24) is 0 Å². The van der Waals surface area contributed by atoms with Gasteiger partial charge in [0.15, 0.2) is 0 Å². The number of fused-ring (bicyclic) bond motifs is 2. The molecule has 2 aliphatic rings. The van der Waals surface area contributed by atoms with Crippen molar-refractivity contribution in [2.45, 2.75) is 99.0 Å². The first-order valence-electron chi connectivity index (χ1n) is 10.9. The summed E-state index contributed by atoms with van der Waals surface area (Å²) in [5.41, 5.74) is 2.93. The molecule has 0 atom stereocenters. The molecule has 7 heteroatoms. The molecule has 2 heterocycles. The second-order valence-corrected chi connectivity index (χ2v) is 41.3. The van der Waals surface area contributed by atoms with Crippen molar-refractivity contribution in [2.24, 2.45) is 0 Å². The van der Waals surface area contributed by atoms with E-state index in [0.29, 0.717) is 11.8 Å². The van der Waals surface area contributed by atoms with E-state index < -0.39 is 12.7 Å². The molecule has 2 aromatic carbocycles. The SMILES string of the molecule is CC(C)Oc1ccc(C(C)C)c2c1S[Te]1(Sc3c(OC(C)C)ccc(C(C)C)c3S1)S2. The van der Waals surface area contributed by atoms with Gasteiger partial charge in [-0.15, -0.1) is 0 Å². The van der Waals surface area contributed by atoms with Crippen molar-refractivity contribution >= 4 is 48.6 Å². The molecular weight excluding hydrogens is 576 g/mol. The van der Waals surface area contributed by atoms with Crippen LogP contribution in [0.4, 0.5) is 0 Å². The molecule has 170 valence electrons. The van der Waals surface area contributed by atoms with E-state index in [-0.39, 0.29) is 12.2 Å². The molecule has 0 fully saturated rings. The van der Waals surface area contributed by atoms with E-state index in [4.69, 9.17) is 9.47 Å². The summed E-state index contributed by atoms with van der Waals surface area (Å²) < 4.78 is 12.5. The van der Waals surface area contributed by atoms with Crippen LogP contribution in [0.3, 0.4) is 0 Å². The Kier molecular flexibility index (Phi) is 7.44. The van der Waals surface area contributed by atoms with Crippen LogP contribution in [0.15, 0.2) is 43.8 Å². The van der Waals surface area contributed by atoms with E-state index in [2.05, 4.69) is 116 Å². The van der Waals surface area contributed by atoms with E-state index >= 15 is 0 Å². The van der Waals surface area contributed by atoms with Crippen LogP contribution in [0.1, 0.15) is 78.4 Å². The number of ether oxygens (including phenoxy) is 2. The van der Waals surface area contributed by atoms with E-state index in [1.165, 1.54) is 30.7 Å². The summed E-state index contributed by atoms with van der Waals surface area (Å²) in [7, 11) is 8.68. The van der Waals surface area contributed by atoms with Crippen LogP contribution in [0, 0.1) is 0 Å². The van der Waals surface area contributed by atoms with E-state index in [0.717, 1.165) is 11.5 Å². The van der Waals surface area contributed by atoms with Crippen LogP contribution in [0.2, 0.25) is 0 Å². The molecule has 1 spiro atoms. The van der Waals surface area contributed by atoms with Crippen molar-refractivity contribution in [2.75, 3.05) is 0 Å². The zero-order chi connectivity index (χ0) is 22.5. The Labute approximate surface area is 202 Å². The monoisotopic (exact) mass is 610 g/mol. The third-order valence-corrected chi connectivity index (χ3v) is 37.5. The van der Waals surface area contributed by atoms with Gasteiger partial charge in [-0.25, -0.2) is 0 Å². The van der Waals surface area contributed by atoms with E-state index in [1.54, 1.807) is 0 Å². The molecular formula is C24H32O2S4Te. The fourth-order valence-corrected chi connectivity index (χ4v) is 44.2. The van der Waals surface area contributed by atoms with Gasteiger partial charge in [-0.05, 0) is 0 Å². The summed E-state index contributed by atoms with van der Waals surface area (Å²) >= 11 is -2.56. The Morgan fingerprint density at radius 1 is 0.548 bits per heavy atom. The summed E-state index contributed by atoms with van der Waals surface area (Å²) in [6.45, 7) is 17.7. The van der Waals surface area contributed by atoms with Crippen molar-refractivity contribution in [3.05, 3.63) is 35.4 Å². The third-order valence-electron chi connectivity index (χ3n) is 4.92. The van der Waals surface area contributed by atoms with Gasteiger partial charge in [-0.3, -0.25) is 0 Å². The third kappa shape index (κ3) is 4.88. The van der Waals surface area contributed by atoms with Crippen molar-refractivity contribution < 1.29 is 9.47 Å². The maximum absolute atomic E-state index is 6.26. The van der Waals surface area contributed by atoms with Crippen molar-refractivity contribution in [1.29, 1.82) is 0 Å². The molecule has 0 N–H and O–H groups in total. The van der Waals surface area contributed by atoms with Gasteiger partial charge in [0.2, 0.25) is 0 Å². The van der Waals surface area contributed by atoms with Crippen LogP contribution < -0.4 is 9.47 Å². The molecule has 0 saturated heterocycles. The van der Waals surface area contributed by atoms with Gasteiger partial charge in [0.25, 0.3) is 0 Å². The molecule has 0 amide bonds. The average molecular weight is 608 g/mol. The molecule has 31 heavy (non-hydrogen) atoms. The fourth-order valence-electron chi connectivity index (χ4n) is 3.56. The van der Waals surface area contributed by atoms with Crippen LogP contribution in [0.5, 0.6) is 11.5 Å². The average Bonchev–Trinajstić information content (AvgIpc) is 3.21. The Bertz CT molecular complexity index is 909. The fraction of sp³-hybridized carbons (Fsp3) is 0.500. The first-order valence-corrected chi connectivity index (χ1v) is 25.3. The Morgan fingerprint density at radius 3 is 1.23 bits per heavy atom. The molecule has 2 nitrogen and oxygen atoms in total. The summed E-state index contributed by atoms with van der Waals surface area (Å²) in [5, 5.41) is 0. The molecule has 4 rings (SSSR count). The number of benzene rings is 2. The second kappa shape index (κ2) is 9.47. The molecule has 0 unspecified atom stereocenters. The number of rotatable bonds is 6. The maximum atomic E-state index is 6.26. The van der Waals surface area contributed by atoms with Gasteiger partial charge in [0.1, 0.15) is 0 Å². The van der Waals surface area contributed by atoms with Gasteiger partial charge in [0.05, 0.1) is 0 Å². The molecule has 0 bridgehead atoms. The molecule has 2 aromatic rings. The number of hydrogen-bond acceptors (Lipinski definition) is 6. The van der Waals surface area contributed by atoms with Gasteiger partial charge in [-0.2, -0.15) is 0 Å². The van der Waals surface area contributed by atoms with Crippen molar-refractivity contribution in [3.63, 3.8) is 0 Å². The van der Waals surface area contributed by atoms with Gasteiger partial charge in [0, 0.05) is 0 Å². The van der Waals surface area contributed by atoms with E-state index in [9.17, 15) is 0 Å². The molecule has 0 aromatic heterocycles. The quantitative estimate of drug-likeness (QED) is 0.303. The summed E-state index contributed by atoms with van der Waals surface area (Å²) in [6.07, 6.45) is 0.368. The zero-order valence-electron chi connectivity index (χ0n) is 19.5. The molecule has 2 aliphatic heterocycles. The predicted molar refractivity (Wildman–Crippen MR) is 142 cm³/mol. The normalized spacial score (nSPS) is 17.7. The summed E-state index contributed by atoms with van der Waals surface area (Å²) in [6, 6.07) is 8.99.